The summed E-state index contributed by atoms with van der Waals surface area (Å²) in [6, 6.07) is 4.24. The van der Waals surface area contributed by atoms with Gasteiger partial charge in [-0.1, -0.05) is 17.7 Å². The summed E-state index contributed by atoms with van der Waals surface area (Å²) in [5.41, 5.74) is 3.64. The number of benzene rings is 1. The summed E-state index contributed by atoms with van der Waals surface area (Å²) in [5.74, 6) is 1.51. The quantitative estimate of drug-likeness (QED) is 0.678. The fourth-order valence-electron chi connectivity index (χ4n) is 1.54. The lowest BCUT2D eigenvalue weighted by molar-refractivity contribution is 0.338. The van der Waals surface area contributed by atoms with Crippen molar-refractivity contribution in [1.82, 2.24) is 0 Å². The van der Waals surface area contributed by atoms with Gasteiger partial charge < -0.3 is 4.74 Å². The van der Waals surface area contributed by atoms with Crippen LogP contribution in [0.15, 0.2) is 12.1 Å². The molecule has 1 aromatic rings. The summed E-state index contributed by atoms with van der Waals surface area (Å²) in [4.78, 5) is 0. The lowest BCUT2D eigenvalue weighted by atomic mass is 10.1. The number of rotatable bonds is 3. The second-order valence-electron chi connectivity index (χ2n) is 3.27. The van der Waals surface area contributed by atoms with Crippen molar-refractivity contribution in [2.24, 2.45) is 0 Å². The maximum atomic E-state index is 5.56. The predicted octanol–water partition coefficient (Wildman–Crippen LogP) is 3.23. The van der Waals surface area contributed by atoms with Gasteiger partial charge in [0.25, 0.3) is 0 Å². The average molecular weight is 199 g/mol. The molecule has 2 heteroatoms. The highest BCUT2D eigenvalue weighted by molar-refractivity contribution is 6.18. The molecule has 0 N–H and O–H groups in total. The van der Waals surface area contributed by atoms with Crippen LogP contribution in [-0.4, -0.2) is 12.5 Å². The molecule has 1 rings (SSSR count). The molecule has 72 valence electrons. The number of aryl methyl sites for hydroxylation is 3. The zero-order valence-electron chi connectivity index (χ0n) is 8.36. The monoisotopic (exact) mass is 198 g/mol. The van der Waals surface area contributed by atoms with E-state index in [-0.39, 0.29) is 0 Å². The second kappa shape index (κ2) is 4.52. The van der Waals surface area contributed by atoms with E-state index in [1.807, 2.05) is 0 Å². The molecule has 13 heavy (non-hydrogen) atoms. The van der Waals surface area contributed by atoms with E-state index < -0.39 is 0 Å². The van der Waals surface area contributed by atoms with Crippen molar-refractivity contribution < 1.29 is 4.74 Å². The van der Waals surface area contributed by atoms with Crippen LogP contribution in [0.1, 0.15) is 16.7 Å². The Hall–Kier alpha value is -0.690. The first kappa shape index (κ1) is 10.4. The van der Waals surface area contributed by atoms with Gasteiger partial charge in [-0.05, 0) is 31.9 Å². The Morgan fingerprint density at radius 2 is 1.69 bits per heavy atom. The third-order valence-corrected chi connectivity index (χ3v) is 2.08. The molecular weight excluding hydrogens is 184 g/mol. The number of halogens is 1. The maximum absolute atomic E-state index is 5.56. The molecule has 1 nitrogen and oxygen atoms in total. The molecule has 0 aromatic heterocycles. The zero-order chi connectivity index (χ0) is 9.84. The Kier molecular flexibility index (Phi) is 3.61. The van der Waals surface area contributed by atoms with Crippen molar-refractivity contribution in [2.45, 2.75) is 20.8 Å². The van der Waals surface area contributed by atoms with Crippen LogP contribution in [0.3, 0.4) is 0 Å². The SMILES string of the molecule is Cc1cc(C)c(OCCCl)c(C)c1. The van der Waals surface area contributed by atoms with E-state index in [1.54, 1.807) is 0 Å². The molecule has 0 bridgehead atoms. The molecule has 0 aliphatic rings. The Morgan fingerprint density at radius 3 is 2.15 bits per heavy atom. The number of alkyl halides is 1. The van der Waals surface area contributed by atoms with Gasteiger partial charge in [0.2, 0.25) is 0 Å². The third-order valence-electron chi connectivity index (χ3n) is 1.93. The molecular formula is C11H15ClO. The molecule has 0 saturated heterocycles. The summed E-state index contributed by atoms with van der Waals surface area (Å²) in [5, 5.41) is 0. The Bertz CT molecular complexity index is 271. The summed E-state index contributed by atoms with van der Waals surface area (Å²) in [7, 11) is 0. The van der Waals surface area contributed by atoms with Crippen molar-refractivity contribution in [1.29, 1.82) is 0 Å². The Morgan fingerprint density at radius 1 is 1.15 bits per heavy atom. The third kappa shape index (κ3) is 2.63. The summed E-state index contributed by atoms with van der Waals surface area (Å²) in [6.07, 6.45) is 0. The number of hydrogen-bond donors (Lipinski definition) is 0. The number of ether oxygens (including phenoxy) is 1. The molecule has 0 atom stereocenters. The molecule has 0 radical (unpaired) electrons. The van der Waals surface area contributed by atoms with E-state index in [1.165, 1.54) is 16.7 Å². The van der Waals surface area contributed by atoms with Crippen molar-refractivity contribution in [3.63, 3.8) is 0 Å². The minimum atomic E-state index is 0.534. The molecule has 0 heterocycles. The van der Waals surface area contributed by atoms with E-state index in [4.69, 9.17) is 16.3 Å². The minimum absolute atomic E-state index is 0.534. The molecule has 0 unspecified atom stereocenters. The van der Waals surface area contributed by atoms with Gasteiger partial charge in [-0.3, -0.25) is 0 Å². The van der Waals surface area contributed by atoms with Gasteiger partial charge in [0.15, 0.2) is 0 Å². The number of hydrogen-bond acceptors (Lipinski definition) is 1. The van der Waals surface area contributed by atoms with E-state index in [0.717, 1.165) is 5.75 Å². The second-order valence-corrected chi connectivity index (χ2v) is 3.64. The first-order valence-corrected chi connectivity index (χ1v) is 4.95. The molecule has 0 amide bonds. The van der Waals surface area contributed by atoms with Gasteiger partial charge in [-0.2, -0.15) is 0 Å². The van der Waals surface area contributed by atoms with E-state index >= 15 is 0 Å². The fraction of sp³-hybridized carbons (Fsp3) is 0.455. The van der Waals surface area contributed by atoms with Gasteiger partial charge in [-0.25, -0.2) is 0 Å². The van der Waals surface area contributed by atoms with Gasteiger partial charge >= 0.3 is 0 Å². The first-order chi connectivity index (χ1) is 6.15. The van der Waals surface area contributed by atoms with Crippen LogP contribution in [-0.2, 0) is 0 Å². The standard InChI is InChI=1S/C11H15ClO/c1-8-6-9(2)11(10(3)7-8)13-5-4-12/h6-7H,4-5H2,1-3H3. The van der Waals surface area contributed by atoms with Crippen LogP contribution >= 0.6 is 11.6 Å². The summed E-state index contributed by atoms with van der Waals surface area (Å²) < 4.78 is 5.54. The van der Waals surface area contributed by atoms with Gasteiger partial charge in [0.1, 0.15) is 12.4 Å². The summed E-state index contributed by atoms with van der Waals surface area (Å²) >= 11 is 5.56. The molecule has 0 spiro atoms. The molecule has 0 saturated carbocycles. The molecule has 0 aliphatic carbocycles. The fourth-order valence-corrected chi connectivity index (χ4v) is 1.61. The van der Waals surface area contributed by atoms with E-state index in [9.17, 15) is 0 Å². The van der Waals surface area contributed by atoms with Crippen molar-refractivity contribution in [2.75, 3.05) is 12.5 Å². The average Bonchev–Trinajstić information content (AvgIpc) is 2.02. The molecule has 0 aliphatic heterocycles. The minimum Gasteiger partial charge on any atom is -0.492 e. The van der Waals surface area contributed by atoms with Gasteiger partial charge in [-0.15, -0.1) is 11.6 Å². The van der Waals surface area contributed by atoms with Crippen LogP contribution in [0.25, 0.3) is 0 Å². The Balaban J connectivity index is 2.92. The lowest BCUT2D eigenvalue weighted by Crippen LogP contribution is -2.01. The normalized spacial score (nSPS) is 10.2. The first-order valence-electron chi connectivity index (χ1n) is 4.41. The smallest absolute Gasteiger partial charge is 0.125 e. The largest absolute Gasteiger partial charge is 0.492 e. The van der Waals surface area contributed by atoms with E-state index in [2.05, 4.69) is 32.9 Å². The van der Waals surface area contributed by atoms with Gasteiger partial charge in [0, 0.05) is 0 Å². The highest BCUT2D eigenvalue weighted by Gasteiger charge is 2.03. The van der Waals surface area contributed by atoms with Crippen molar-refractivity contribution in [3.8, 4) is 5.75 Å². The highest BCUT2D eigenvalue weighted by atomic mass is 35.5. The van der Waals surface area contributed by atoms with Crippen LogP contribution in [0.4, 0.5) is 0 Å². The molecule has 0 fully saturated rings. The zero-order valence-corrected chi connectivity index (χ0v) is 9.11. The topological polar surface area (TPSA) is 9.23 Å². The lowest BCUT2D eigenvalue weighted by Gasteiger charge is -2.11. The van der Waals surface area contributed by atoms with Crippen LogP contribution in [0.2, 0.25) is 0 Å². The van der Waals surface area contributed by atoms with Crippen molar-refractivity contribution >= 4 is 11.6 Å². The Labute approximate surface area is 84.7 Å². The van der Waals surface area contributed by atoms with Gasteiger partial charge in [0.05, 0.1) is 5.88 Å². The highest BCUT2D eigenvalue weighted by Crippen LogP contribution is 2.24. The molecule has 1 aromatic carbocycles. The van der Waals surface area contributed by atoms with Crippen LogP contribution < -0.4 is 4.74 Å². The van der Waals surface area contributed by atoms with Crippen molar-refractivity contribution in [3.05, 3.63) is 28.8 Å². The van der Waals surface area contributed by atoms with Crippen LogP contribution in [0.5, 0.6) is 5.75 Å². The van der Waals surface area contributed by atoms with E-state index in [0.29, 0.717) is 12.5 Å². The maximum Gasteiger partial charge on any atom is 0.125 e. The van der Waals surface area contributed by atoms with Crippen LogP contribution in [0, 0.1) is 20.8 Å². The predicted molar refractivity (Wildman–Crippen MR) is 56.9 cm³/mol. The summed E-state index contributed by atoms with van der Waals surface area (Å²) in [6.45, 7) is 6.78.